The molecule has 0 amide bonds. The third-order valence-electron chi connectivity index (χ3n) is 3.04. The van der Waals surface area contributed by atoms with Crippen molar-refractivity contribution in [2.24, 2.45) is 23.5 Å². The molecule has 0 aromatic rings. The van der Waals surface area contributed by atoms with Crippen molar-refractivity contribution in [3.63, 3.8) is 0 Å². The molecule has 0 aromatic carbocycles. The Kier molecular flexibility index (Phi) is 1.26. The number of rotatable bonds is 2. The molecule has 2 atom stereocenters. The van der Waals surface area contributed by atoms with E-state index in [-0.39, 0.29) is 0 Å². The quantitative estimate of drug-likeness (QED) is 0.593. The van der Waals surface area contributed by atoms with Crippen molar-refractivity contribution in [3.05, 3.63) is 0 Å². The summed E-state index contributed by atoms with van der Waals surface area (Å²) >= 11 is 0. The molecule has 0 heterocycles. The number of hydrogen-bond donors (Lipinski definition) is 1. The first-order chi connectivity index (χ1) is 4.42. The van der Waals surface area contributed by atoms with E-state index in [9.17, 15) is 0 Å². The van der Waals surface area contributed by atoms with Gasteiger partial charge in [-0.15, -0.1) is 0 Å². The Morgan fingerprint density at radius 1 is 1.33 bits per heavy atom. The van der Waals surface area contributed by atoms with Crippen LogP contribution in [0.2, 0.25) is 0 Å². The molecule has 1 heteroatoms. The zero-order valence-corrected chi connectivity index (χ0v) is 5.84. The van der Waals surface area contributed by atoms with Crippen molar-refractivity contribution in [2.45, 2.75) is 25.7 Å². The van der Waals surface area contributed by atoms with E-state index >= 15 is 0 Å². The molecule has 0 saturated heterocycles. The molecule has 2 aliphatic carbocycles. The molecule has 0 radical (unpaired) electrons. The van der Waals surface area contributed by atoms with Crippen LogP contribution >= 0.6 is 0 Å². The maximum Gasteiger partial charge on any atom is -0.00460 e. The summed E-state index contributed by atoms with van der Waals surface area (Å²) in [6, 6.07) is 0. The van der Waals surface area contributed by atoms with Gasteiger partial charge in [-0.1, -0.05) is 19.3 Å². The van der Waals surface area contributed by atoms with Crippen LogP contribution in [0, 0.1) is 17.8 Å². The van der Waals surface area contributed by atoms with Crippen molar-refractivity contribution >= 4 is 0 Å². The topological polar surface area (TPSA) is 26.0 Å². The highest BCUT2D eigenvalue weighted by atomic mass is 14.6. The molecule has 2 aliphatic rings. The van der Waals surface area contributed by atoms with E-state index in [0.717, 1.165) is 24.3 Å². The lowest BCUT2D eigenvalue weighted by Crippen LogP contribution is -2.16. The van der Waals surface area contributed by atoms with E-state index in [0.29, 0.717) is 0 Å². The SMILES string of the molecule is NC[C@@H]1C[C@@H]1C1CCC1. The fraction of sp³-hybridized carbons (Fsp3) is 1.00. The van der Waals surface area contributed by atoms with Crippen LogP contribution in [0.1, 0.15) is 25.7 Å². The fourth-order valence-corrected chi connectivity index (χ4v) is 1.99. The molecule has 9 heavy (non-hydrogen) atoms. The van der Waals surface area contributed by atoms with Crippen LogP contribution in [0.3, 0.4) is 0 Å². The lowest BCUT2D eigenvalue weighted by Gasteiger charge is -2.25. The molecule has 2 rings (SSSR count). The first-order valence-corrected chi connectivity index (χ1v) is 4.12. The van der Waals surface area contributed by atoms with Crippen molar-refractivity contribution in [1.29, 1.82) is 0 Å². The highest BCUT2D eigenvalue weighted by molar-refractivity contribution is 4.94. The third-order valence-corrected chi connectivity index (χ3v) is 3.04. The molecular formula is C8H15N. The van der Waals surface area contributed by atoms with Gasteiger partial charge in [0.25, 0.3) is 0 Å². The van der Waals surface area contributed by atoms with Crippen molar-refractivity contribution in [3.8, 4) is 0 Å². The van der Waals surface area contributed by atoms with E-state index in [1.165, 1.54) is 25.7 Å². The largest absolute Gasteiger partial charge is 0.330 e. The predicted molar refractivity (Wildman–Crippen MR) is 38.0 cm³/mol. The Morgan fingerprint density at radius 3 is 2.44 bits per heavy atom. The van der Waals surface area contributed by atoms with Gasteiger partial charge in [0.2, 0.25) is 0 Å². The van der Waals surface area contributed by atoms with Crippen molar-refractivity contribution in [1.82, 2.24) is 0 Å². The van der Waals surface area contributed by atoms with Crippen LogP contribution in [0.25, 0.3) is 0 Å². The van der Waals surface area contributed by atoms with Crippen LogP contribution in [-0.2, 0) is 0 Å². The molecular weight excluding hydrogens is 110 g/mol. The van der Waals surface area contributed by atoms with Crippen LogP contribution in [0.4, 0.5) is 0 Å². The zero-order chi connectivity index (χ0) is 6.27. The maximum absolute atomic E-state index is 5.54. The lowest BCUT2D eigenvalue weighted by atomic mass is 9.81. The third kappa shape index (κ3) is 0.877. The molecule has 2 N–H and O–H groups in total. The minimum atomic E-state index is 0.926. The second-order valence-electron chi connectivity index (χ2n) is 3.59. The van der Waals surface area contributed by atoms with Crippen LogP contribution in [0.15, 0.2) is 0 Å². The van der Waals surface area contributed by atoms with E-state index in [1.54, 1.807) is 0 Å². The average Bonchev–Trinajstić information content (AvgIpc) is 2.42. The fourth-order valence-electron chi connectivity index (χ4n) is 1.99. The van der Waals surface area contributed by atoms with Gasteiger partial charge in [0, 0.05) is 0 Å². The molecule has 52 valence electrons. The normalized spacial score (nSPS) is 42.3. The molecule has 2 fully saturated rings. The summed E-state index contributed by atoms with van der Waals surface area (Å²) in [5.74, 6) is 3.08. The first-order valence-electron chi connectivity index (χ1n) is 4.12. The van der Waals surface area contributed by atoms with Gasteiger partial charge in [0.05, 0.1) is 0 Å². The van der Waals surface area contributed by atoms with E-state index < -0.39 is 0 Å². The van der Waals surface area contributed by atoms with Crippen LogP contribution in [0.5, 0.6) is 0 Å². The van der Waals surface area contributed by atoms with Crippen molar-refractivity contribution in [2.75, 3.05) is 6.54 Å². The summed E-state index contributed by atoms with van der Waals surface area (Å²) in [6.45, 7) is 0.946. The Labute approximate surface area is 56.6 Å². The van der Waals surface area contributed by atoms with Gasteiger partial charge in [0.15, 0.2) is 0 Å². The number of hydrogen-bond acceptors (Lipinski definition) is 1. The highest BCUT2D eigenvalue weighted by Gasteiger charge is 2.43. The zero-order valence-electron chi connectivity index (χ0n) is 5.84. The van der Waals surface area contributed by atoms with Gasteiger partial charge in [-0.2, -0.15) is 0 Å². The maximum atomic E-state index is 5.54. The summed E-state index contributed by atoms with van der Waals surface area (Å²) in [5.41, 5.74) is 5.54. The minimum absolute atomic E-state index is 0.926. The molecule has 1 nitrogen and oxygen atoms in total. The molecule has 0 bridgehead atoms. The van der Waals surface area contributed by atoms with Gasteiger partial charge in [-0.3, -0.25) is 0 Å². The Bertz CT molecular complexity index is 107. The first kappa shape index (κ1) is 5.72. The van der Waals surface area contributed by atoms with Crippen LogP contribution in [-0.4, -0.2) is 6.54 Å². The van der Waals surface area contributed by atoms with Gasteiger partial charge in [-0.25, -0.2) is 0 Å². The summed E-state index contributed by atoms with van der Waals surface area (Å²) in [6.07, 6.45) is 5.93. The monoisotopic (exact) mass is 125 g/mol. The van der Waals surface area contributed by atoms with E-state index in [1.807, 2.05) is 0 Å². The van der Waals surface area contributed by atoms with E-state index in [4.69, 9.17) is 5.73 Å². The second-order valence-corrected chi connectivity index (χ2v) is 3.59. The summed E-state index contributed by atoms with van der Waals surface area (Å²) in [4.78, 5) is 0. The molecule has 0 aliphatic heterocycles. The highest BCUT2D eigenvalue weighted by Crippen LogP contribution is 2.50. The van der Waals surface area contributed by atoms with Gasteiger partial charge >= 0.3 is 0 Å². The smallest absolute Gasteiger partial charge is 0.00460 e. The molecule has 0 spiro atoms. The lowest BCUT2D eigenvalue weighted by molar-refractivity contribution is 0.266. The summed E-state index contributed by atoms with van der Waals surface area (Å²) in [5, 5.41) is 0. The summed E-state index contributed by atoms with van der Waals surface area (Å²) in [7, 11) is 0. The van der Waals surface area contributed by atoms with Crippen molar-refractivity contribution < 1.29 is 0 Å². The average molecular weight is 125 g/mol. The number of nitrogens with two attached hydrogens (primary N) is 1. The Balaban J connectivity index is 1.76. The Morgan fingerprint density at radius 2 is 2.11 bits per heavy atom. The molecule has 0 aromatic heterocycles. The Hall–Kier alpha value is -0.0400. The summed E-state index contributed by atoms with van der Waals surface area (Å²) < 4.78 is 0. The van der Waals surface area contributed by atoms with E-state index in [2.05, 4.69) is 0 Å². The van der Waals surface area contributed by atoms with Gasteiger partial charge < -0.3 is 5.73 Å². The van der Waals surface area contributed by atoms with Gasteiger partial charge in [-0.05, 0) is 30.7 Å². The molecule has 0 unspecified atom stereocenters. The van der Waals surface area contributed by atoms with Gasteiger partial charge in [0.1, 0.15) is 0 Å². The van der Waals surface area contributed by atoms with Crippen LogP contribution < -0.4 is 5.73 Å². The predicted octanol–water partition coefficient (Wildman–Crippen LogP) is 1.38. The molecule has 2 saturated carbocycles. The standard InChI is InChI=1S/C8H15N/c9-5-7-4-8(7)6-2-1-3-6/h6-8H,1-5,9H2/t7-,8+/m0/s1. The second kappa shape index (κ2) is 1.98. The minimum Gasteiger partial charge on any atom is -0.330 e.